The molecule has 7 nitrogen and oxygen atoms in total. The molecule has 0 aliphatic carbocycles. The van der Waals surface area contributed by atoms with Gasteiger partial charge in [0.15, 0.2) is 0 Å². The molecule has 2 radical (unpaired) electrons. The fraction of sp³-hybridized carbons (Fsp3) is 0.923. The van der Waals surface area contributed by atoms with Crippen LogP contribution < -0.4 is 0 Å². The minimum absolute atomic E-state index is 0.0000153. The molecule has 0 spiro atoms. The van der Waals surface area contributed by atoms with Crippen molar-refractivity contribution in [3.05, 3.63) is 0 Å². The molecule has 1 unspecified atom stereocenters. The van der Waals surface area contributed by atoms with Gasteiger partial charge in [-0.1, -0.05) is 13.6 Å². The molecule has 0 bridgehead atoms. The molecule has 0 aromatic carbocycles. The molecule has 10 heteroatoms. The molecule has 2 rings (SSSR count). The van der Waals surface area contributed by atoms with Crippen LogP contribution in [0.1, 0.15) is 12.8 Å². The Hall–Kier alpha value is 0.150. The smallest absolute Gasteiger partial charge is 0.248 e. The second kappa shape index (κ2) is 8.50. The zero-order valence-corrected chi connectivity index (χ0v) is 14.5. The van der Waals surface area contributed by atoms with Crippen molar-refractivity contribution in [2.45, 2.75) is 62.9 Å². The third-order valence-electron chi connectivity index (χ3n) is 4.15. The van der Waals surface area contributed by atoms with Gasteiger partial charge in [-0.15, -0.1) is 0 Å². The summed E-state index contributed by atoms with van der Waals surface area (Å²) >= 11 is 0. The lowest BCUT2D eigenvalue weighted by Gasteiger charge is -2.26. The van der Waals surface area contributed by atoms with E-state index < -0.39 is 32.0 Å². The Labute approximate surface area is 139 Å². The van der Waals surface area contributed by atoms with Crippen LogP contribution in [-0.2, 0) is 18.5 Å². The largest absolute Gasteiger partial charge is 0.394 e. The van der Waals surface area contributed by atoms with Gasteiger partial charge in [0.05, 0.1) is 25.4 Å². The van der Waals surface area contributed by atoms with Crippen LogP contribution in [0.25, 0.3) is 0 Å². The topological polar surface area (TPSA) is 97.6 Å². The summed E-state index contributed by atoms with van der Waals surface area (Å²) in [6.07, 6.45) is 2.49. The molecule has 0 saturated carbocycles. The van der Waals surface area contributed by atoms with Crippen molar-refractivity contribution in [3.8, 4) is 0 Å². The Morgan fingerprint density at radius 3 is 2.35 bits per heavy atom. The van der Waals surface area contributed by atoms with E-state index in [2.05, 4.69) is 6.30 Å². The number of hydrogen-bond donors (Lipinski definition) is 3. The Morgan fingerprint density at radius 2 is 1.78 bits per heavy atom. The lowest BCUT2D eigenvalue weighted by molar-refractivity contribution is -0.0179. The molecule has 0 aromatic heterocycles. The van der Waals surface area contributed by atoms with Crippen LogP contribution in [0, 0.1) is 0 Å². The van der Waals surface area contributed by atoms with E-state index in [1.807, 2.05) is 28.2 Å². The lowest BCUT2D eigenvalue weighted by Crippen LogP contribution is -2.29. The highest BCUT2D eigenvalue weighted by Gasteiger charge is 2.38. The molecule has 0 amide bonds. The summed E-state index contributed by atoms with van der Waals surface area (Å²) in [5, 5.41) is 19.2. The number of hydrogen-bond acceptors (Lipinski definition) is 7. The molecule has 130 valence electrons. The highest BCUT2D eigenvalue weighted by atomic mass is 31.2. The zero-order chi connectivity index (χ0) is 17.0. The predicted molar refractivity (Wildman–Crippen MR) is 90.0 cm³/mol. The average Bonchev–Trinajstić information content (AvgIpc) is 3.07. The maximum atomic E-state index is 10.3. The van der Waals surface area contributed by atoms with Gasteiger partial charge < -0.3 is 33.6 Å². The van der Waals surface area contributed by atoms with Crippen molar-refractivity contribution in [1.29, 1.82) is 0 Å². The Balaban J connectivity index is 1.83. The number of ether oxygens (including phenoxy) is 2. The Bertz CT molecular complexity index is 427. The summed E-state index contributed by atoms with van der Waals surface area (Å²) in [5.74, 6) is 0. The minimum atomic E-state index is -3.34. The van der Waals surface area contributed by atoms with Crippen molar-refractivity contribution < 1.29 is 33.6 Å². The molecule has 2 fully saturated rings. The molecular weight excluding hydrogens is 321 g/mol. The van der Waals surface area contributed by atoms with E-state index in [0.717, 1.165) is 0 Å². The summed E-state index contributed by atoms with van der Waals surface area (Å²) < 4.78 is 22.1. The van der Waals surface area contributed by atoms with Gasteiger partial charge in [0.25, 0.3) is 0 Å². The van der Waals surface area contributed by atoms with Crippen LogP contribution in [-0.4, -0.2) is 85.6 Å². The first kappa shape index (κ1) is 19.5. The molecule has 7 atom stereocenters. The van der Waals surface area contributed by atoms with E-state index >= 15 is 0 Å². The van der Waals surface area contributed by atoms with Crippen molar-refractivity contribution in [2.24, 2.45) is 0 Å². The molecule has 2 aliphatic heterocycles. The fourth-order valence-electron chi connectivity index (χ4n) is 2.79. The second-order valence-electron chi connectivity index (χ2n) is 5.89. The quantitative estimate of drug-likeness (QED) is 0.409. The molecule has 23 heavy (non-hydrogen) atoms. The standard InChI is InChI=1S/C13H25B2O7P/c1-14-12-4-8(17)11(21-12)7-19-23(3,18)22-9-5-13(15-2)20-10(9)6-16/h8-13,16-18H,3-7H2,1-2H3/t8-,9-,10-,11-,12-,13-,23?/m1/s1. The van der Waals surface area contributed by atoms with Crippen LogP contribution >= 0.6 is 7.57 Å². The van der Waals surface area contributed by atoms with Gasteiger partial charge in [-0.25, -0.2) is 0 Å². The van der Waals surface area contributed by atoms with Gasteiger partial charge in [0.1, 0.15) is 26.8 Å². The van der Waals surface area contributed by atoms with Crippen LogP contribution in [0.3, 0.4) is 0 Å². The third-order valence-corrected chi connectivity index (χ3v) is 5.30. The number of aliphatic hydroxyl groups is 2. The average molecular weight is 346 g/mol. The summed E-state index contributed by atoms with van der Waals surface area (Å²) in [6.45, 7) is 3.53. The van der Waals surface area contributed by atoms with Crippen LogP contribution in [0.4, 0.5) is 0 Å². The van der Waals surface area contributed by atoms with Crippen LogP contribution in [0.5, 0.6) is 0 Å². The summed E-state index contributed by atoms with van der Waals surface area (Å²) in [4.78, 5) is 10.3. The van der Waals surface area contributed by atoms with Gasteiger partial charge in [0, 0.05) is 12.0 Å². The van der Waals surface area contributed by atoms with Crippen molar-refractivity contribution in [2.75, 3.05) is 13.2 Å². The first-order chi connectivity index (χ1) is 10.9. The molecule has 3 N–H and O–H groups in total. The van der Waals surface area contributed by atoms with Gasteiger partial charge in [-0.3, -0.25) is 0 Å². The maximum absolute atomic E-state index is 10.3. The summed E-state index contributed by atoms with van der Waals surface area (Å²) in [5.41, 5.74) is 0. The van der Waals surface area contributed by atoms with E-state index in [0.29, 0.717) is 12.8 Å². The zero-order valence-electron chi connectivity index (χ0n) is 13.6. The Kier molecular flexibility index (Phi) is 7.19. The first-order valence-corrected chi connectivity index (χ1v) is 9.62. The van der Waals surface area contributed by atoms with Gasteiger partial charge in [-0.05, 0) is 19.1 Å². The van der Waals surface area contributed by atoms with E-state index in [-0.39, 0.29) is 25.2 Å². The van der Waals surface area contributed by atoms with E-state index in [4.69, 9.17) is 18.5 Å². The van der Waals surface area contributed by atoms with Crippen LogP contribution in [0.15, 0.2) is 0 Å². The molecule has 0 aromatic rings. The maximum Gasteiger partial charge on any atom is 0.248 e. The van der Waals surface area contributed by atoms with Gasteiger partial charge >= 0.3 is 0 Å². The predicted octanol–water partition coefficient (Wildman–Crippen LogP) is -0.337. The molecule has 2 heterocycles. The second-order valence-corrected chi connectivity index (χ2v) is 7.63. The SMILES string of the molecule is C=P(O)(OC[C@H]1O[C@@H]([B]C)C[C@H]1O)O[C@@H]1C[C@H]([B]C)O[C@@H]1CO. The Morgan fingerprint density at radius 1 is 1.17 bits per heavy atom. The van der Waals surface area contributed by atoms with Gasteiger partial charge in [-0.2, -0.15) is 0 Å². The van der Waals surface area contributed by atoms with Crippen molar-refractivity contribution in [3.63, 3.8) is 0 Å². The van der Waals surface area contributed by atoms with E-state index in [1.165, 1.54) is 0 Å². The fourth-order valence-corrected chi connectivity index (χ4v) is 3.88. The lowest BCUT2D eigenvalue weighted by atomic mass is 9.73. The van der Waals surface area contributed by atoms with E-state index in [9.17, 15) is 15.1 Å². The highest BCUT2D eigenvalue weighted by Crippen LogP contribution is 2.47. The van der Waals surface area contributed by atoms with Gasteiger partial charge in [0.2, 0.25) is 7.57 Å². The molecule has 2 aliphatic rings. The van der Waals surface area contributed by atoms with Crippen molar-refractivity contribution >= 4 is 28.4 Å². The number of rotatable bonds is 8. The monoisotopic (exact) mass is 346 g/mol. The third kappa shape index (κ3) is 5.31. The van der Waals surface area contributed by atoms with Crippen LogP contribution in [0.2, 0.25) is 13.6 Å². The molecule has 2 saturated heterocycles. The number of aliphatic hydroxyl groups excluding tert-OH is 2. The minimum Gasteiger partial charge on any atom is -0.394 e. The first-order valence-electron chi connectivity index (χ1n) is 7.86. The summed E-state index contributed by atoms with van der Waals surface area (Å²) in [7, 11) is 0.399. The highest BCUT2D eigenvalue weighted by molar-refractivity contribution is 7.58. The molecular formula is C13H25B2O7P. The summed E-state index contributed by atoms with van der Waals surface area (Å²) in [6, 6.07) is -0.239. The van der Waals surface area contributed by atoms with Crippen molar-refractivity contribution in [1.82, 2.24) is 0 Å². The normalized spacial score (nSPS) is 40.0. The van der Waals surface area contributed by atoms with E-state index in [1.54, 1.807) is 0 Å².